The van der Waals surface area contributed by atoms with Crippen LogP contribution in [0.3, 0.4) is 0 Å². The first-order valence-corrected chi connectivity index (χ1v) is 10.6. The summed E-state index contributed by atoms with van der Waals surface area (Å²) in [7, 11) is 0. The van der Waals surface area contributed by atoms with Crippen LogP contribution in [0.4, 0.5) is 5.69 Å². The number of carbonyl (C=O) groups excluding carboxylic acids is 2. The third kappa shape index (κ3) is 7.19. The fourth-order valence-corrected chi connectivity index (χ4v) is 2.89. The highest BCUT2D eigenvalue weighted by Crippen LogP contribution is 2.20. The molecule has 0 spiro atoms. The van der Waals surface area contributed by atoms with Crippen LogP contribution in [0.15, 0.2) is 48.5 Å². The Kier molecular flexibility index (Phi) is 9.87. The summed E-state index contributed by atoms with van der Waals surface area (Å²) in [4.78, 5) is 27.0. The van der Waals surface area contributed by atoms with E-state index >= 15 is 0 Å². The second kappa shape index (κ2) is 12.6. The summed E-state index contributed by atoms with van der Waals surface area (Å²) in [6.45, 7) is 9.74. The molecule has 0 aromatic heterocycles. The Morgan fingerprint density at radius 1 is 0.933 bits per heavy atom. The molecule has 0 saturated carbocycles. The predicted molar refractivity (Wildman–Crippen MR) is 119 cm³/mol. The Balaban J connectivity index is 1.93. The van der Waals surface area contributed by atoms with Crippen molar-refractivity contribution in [2.75, 3.05) is 38.2 Å². The van der Waals surface area contributed by atoms with E-state index in [1.807, 2.05) is 6.07 Å². The van der Waals surface area contributed by atoms with Crippen LogP contribution in [0.1, 0.15) is 54.3 Å². The Hall–Kier alpha value is -2.86. The summed E-state index contributed by atoms with van der Waals surface area (Å²) < 4.78 is 11.1. The maximum atomic E-state index is 12.7. The standard InChI is InChI=1S/C24H32N2O4/c1-4-7-17-29-22-11-9-8-10-21(22)23(27)25-20-14-12-19(13-15-20)24(28)30-18-16-26(5-2)6-3/h8-15H,4-7,16-18H2,1-3H3,(H,25,27). The molecule has 1 N–H and O–H groups in total. The topological polar surface area (TPSA) is 67.9 Å². The summed E-state index contributed by atoms with van der Waals surface area (Å²) in [5, 5.41) is 2.85. The highest BCUT2D eigenvalue weighted by Gasteiger charge is 2.13. The molecule has 6 heteroatoms. The quantitative estimate of drug-likeness (QED) is 0.407. The number of hydrogen-bond donors (Lipinski definition) is 1. The Bertz CT molecular complexity index is 801. The molecule has 1 amide bonds. The molecule has 162 valence electrons. The van der Waals surface area contributed by atoms with Gasteiger partial charge in [-0.1, -0.05) is 39.3 Å². The number of carbonyl (C=O) groups is 2. The minimum absolute atomic E-state index is 0.253. The molecule has 2 rings (SSSR count). The van der Waals surface area contributed by atoms with Crippen LogP contribution in [-0.2, 0) is 4.74 Å². The van der Waals surface area contributed by atoms with Gasteiger partial charge in [0, 0.05) is 12.2 Å². The number of rotatable bonds is 12. The van der Waals surface area contributed by atoms with E-state index in [1.165, 1.54) is 0 Å². The Morgan fingerprint density at radius 2 is 1.63 bits per heavy atom. The molecule has 2 aromatic carbocycles. The number of anilines is 1. The van der Waals surface area contributed by atoms with Crippen LogP contribution in [0.5, 0.6) is 5.75 Å². The number of benzene rings is 2. The van der Waals surface area contributed by atoms with Gasteiger partial charge in [0.2, 0.25) is 0 Å². The van der Waals surface area contributed by atoms with Crippen molar-refractivity contribution in [2.24, 2.45) is 0 Å². The molecule has 0 bridgehead atoms. The summed E-state index contributed by atoms with van der Waals surface area (Å²) >= 11 is 0. The number of esters is 1. The number of hydrogen-bond acceptors (Lipinski definition) is 5. The number of para-hydroxylation sites is 1. The third-order valence-electron chi connectivity index (χ3n) is 4.80. The van der Waals surface area contributed by atoms with Crippen LogP contribution in [0.25, 0.3) is 0 Å². The number of unbranched alkanes of at least 4 members (excludes halogenated alkanes) is 1. The fourth-order valence-electron chi connectivity index (χ4n) is 2.89. The maximum absolute atomic E-state index is 12.7. The molecular formula is C24H32N2O4. The summed E-state index contributed by atoms with van der Waals surface area (Å²) in [6.07, 6.45) is 1.96. The van der Waals surface area contributed by atoms with Crippen LogP contribution in [0, 0.1) is 0 Å². The average Bonchev–Trinajstić information content (AvgIpc) is 2.77. The van der Waals surface area contributed by atoms with Crippen molar-refractivity contribution in [3.8, 4) is 5.75 Å². The van der Waals surface area contributed by atoms with E-state index in [0.29, 0.717) is 42.3 Å². The van der Waals surface area contributed by atoms with Crippen molar-refractivity contribution in [2.45, 2.75) is 33.6 Å². The van der Waals surface area contributed by atoms with Gasteiger partial charge in [-0.15, -0.1) is 0 Å². The minimum atomic E-state index is -0.366. The molecule has 0 atom stereocenters. The number of likely N-dealkylation sites (N-methyl/N-ethyl adjacent to an activating group) is 1. The number of ether oxygens (including phenoxy) is 2. The largest absolute Gasteiger partial charge is 0.493 e. The Labute approximate surface area is 179 Å². The van der Waals surface area contributed by atoms with Gasteiger partial charge in [0.1, 0.15) is 12.4 Å². The lowest BCUT2D eigenvalue weighted by Gasteiger charge is -2.17. The van der Waals surface area contributed by atoms with E-state index in [2.05, 4.69) is 31.0 Å². The van der Waals surface area contributed by atoms with Gasteiger partial charge in [-0.25, -0.2) is 4.79 Å². The number of amides is 1. The number of nitrogens with one attached hydrogen (secondary N) is 1. The molecule has 2 aromatic rings. The van der Waals surface area contributed by atoms with Crippen LogP contribution in [0.2, 0.25) is 0 Å². The Morgan fingerprint density at radius 3 is 2.30 bits per heavy atom. The molecule has 0 heterocycles. The van der Waals surface area contributed by atoms with Crippen molar-refractivity contribution < 1.29 is 19.1 Å². The molecule has 0 fully saturated rings. The highest BCUT2D eigenvalue weighted by atomic mass is 16.5. The maximum Gasteiger partial charge on any atom is 0.338 e. The molecule has 6 nitrogen and oxygen atoms in total. The molecule has 0 unspecified atom stereocenters. The normalized spacial score (nSPS) is 10.7. The van der Waals surface area contributed by atoms with Crippen molar-refractivity contribution in [1.29, 1.82) is 0 Å². The van der Waals surface area contributed by atoms with E-state index < -0.39 is 0 Å². The second-order valence-corrected chi connectivity index (χ2v) is 6.89. The second-order valence-electron chi connectivity index (χ2n) is 6.89. The van der Waals surface area contributed by atoms with Gasteiger partial charge in [-0.05, 0) is 55.9 Å². The first-order chi connectivity index (χ1) is 14.6. The van der Waals surface area contributed by atoms with Gasteiger partial charge >= 0.3 is 5.97 Å². The van der Waals surface area contributed by atoms with Gasteiger partial charge in [-0.2, -0.15) is 0 Å². The molecule has 0 aliphatic heterocycles. The lowest BCUT2D eigenvalue weighted by atomic mass is 10.1. The summed E-state index contributed by atoms with van der Waals surface area (Å²) in [5.74, 6) is -0.0526. The van der Waals surface area contributed by atoms with Crippen LogP contribution in [-0.4, -0.2) is 49.6 Å². The van der Waals surface area contributed by atoms with E-state index in [1.54, 1.807) is 42.5 Å². The molecular weight excluding hydrogens is 380 g/mol. The minimum Gasteiger partial charge on any atom is -0.493 e. The lowest BCUT2D eigenvalue weighted by Crippen LogP contribution is -2.27. The first kappa shape index (κ1) is 23.4. The van der Waals surface area contributed by atoms with Crippen LogP contribution >= 0.6 is 0 Å². The first-order valence-electron chi connectivity index (χ1n) is 10.6. The SMILES string of the molecule is CCCCOc1ccccc1C(=O)Nc1ccc(C(=O)OCCN(CC)CC)cc1. The monoisotopic (exact) mass is 412 g/mol. The van der Waals surface area contributed by atoms with Gasteiger partial charge in [0.05, 0.1) is 17.7 Å². The van der Waals surface area contributed by atoms with E-state index in [4.69, 9.17) is 9.47 Å². The highest BCUT2D eigenvalue weighted by molar-refractivity contribution is 6.06. The molecule has 0 aliphatic carbocycles. The van der Waals surface area contributed by atoms with Gasteiger partial charge < -0.3 is 19.7 Å². The molecule has 30 heavy (non-hydrogen) atoms. The van der Waals surface area contributed by atoms with Gasteiger partial charge in [0.25, 0.3) is 5.91 Å². The van der Waals surface area contributed by atoms with E-state index in [9.17, 15) is 9.59 Å². The van der Waals surface area contributed by atoms with Crippen molar-refractivity contribution in [3.63, 3.8) is 0 Å². The zero-order valence-corrected chi connectivity index (χ0v) is 18.1. The zero-order valence-electron chi connectivity index (χ0n) is 18.1. The van der Waals surface area contributed by atoms with Crippen molar-refractivity contribution in [3.05, 3.63) is 59.7 Å². The lowest BCUT2D eigenvalue weighted by molar-refractivity contribution is 0.0466. The van der Waals surface area contributed by atoms with E-state index in [-0.39, 0.29) is 11.9 Å². The molecule has 0 aliphatic rings. The smallest absolute Gasteiger partial charge is 0.338 e. The van der Waals surface area contributed by atoms with Gasteiger partial charge in [-0.3, -0.25) is 4.79 Å². The predicted octanol–water partition coefficient (Wildman–Crippen LogP) is 4.62. The van der Waals surface area contributed by atoms with Crippen molar-refractivity contribution >= 4 is 17.6 Å². The van der Waals surface area contributed by atoms with Crippen molar-refractivity contribution in [1.82, 2.24) is 4.90 Å². The molecule has 0 saturated heterocycles. The van der Waals surface area contributed by atoms with Crippen LogP contribution < -0.4 is 10.1 Å². The zero-order chi connectivity index (χ0) is 21.8. The van der Waals surface area contributed by atoms with E-state index in [0.717, 1.165) is 25.9 Å². The fraction of sp³-hybridized carbons (Fsp3) is 0.417. The summed E-state index contributed by atoms with van der Waals surface area (Å²) in [6, 6.07) is 13.9. The third-order valence-corrected chi connectivity index (χ3v) is 4.80. The summed E-state index contributed by atoms with van der Waals surface area (Å²) in [5.41, 5.74) is 1.53. The molecule has 0 radical (unpaired) electrons. The number of nitrogens with zero attached hydrogens (tertiary/aromatic N) is 1. The average molecular weight is 413 g/mol. The van der Waals surface area contributed by atoms with Gasteiger partial charge in [0.15, 0.2) is 0 Å².